The molecular weight excluding hydrogens is 350 g/mol. The van der Waals surface area contributed by atoms with Crippen LogP contribution in [0, 0.1) is 0 Å². The van der Waals surface area contributed by atoms with Crippen LogP contribution in [0.4, 0.5) is 0 Å². The number of hydrogen-bond acceptors (Lipinski definition) is 6. The summed E-state index contributed by atoms with van der Waals surface area (Å²) in [5, 5.41) is 26.9. The lowest BCUT2D eigenvalue weighted by atomic mass is 9.81. The maximum absolute atomic E-state index is 11.4. The number of halogens is 2. The number of aliphatic carboxylic acids is 1. The normalized spacial score (nSPS) is 17.8. The van der Waals surface area contributed by atoms with E-state index in [0.29, 0.717) is 32.2 Å². The molecule has 0 aromatic carbocycles. The summed E-state index contributed by atoms with van der Waals surface area (Å²) in [6.07, 6.45) is 2.24. The minimum absolute atomic E-state index is 0. The molecule has 1 saturated heterocycles. The van der Waals surface area contributed by atoms with Crippen LogP contribution < -0.4 is 5.73 Å². The molecule has 0 aliphatic carbocycles. The molecule has 132 valence electrons. The molecule has 1 atom stereocenters. The van der Waals surface area contributed by atoms with Gasteiger partial charge in [0.25, 0.3) is 0 Å². The summed E-state index contributed by atoms with van der Waals surface area (Å²) in [7, 11) is -1.32. The molecule has 1 fully saturated rings. The van der Waals surface area contributed by atoms with Crippen molar-refractivity contribution < 1.29 is 19.9 Å². The smallest absolute Gasteiger partial charge is 0.451 e. The van der Waals surface area contributed by atoms with Crippen LogP contribution in [-0.4, -0.2) is 69.8 Å². The van der Waals surface area contributed by atoms with E-state index in [1.807, 2.05) is 11.8 Å². The summed E-state index contributed by atoms with van der Waals surface area (Å²) in [5.41, 5.74) is 4.82. The van der Waals surface area contributed by atoms with Gasteiger partial charge in [-0.05, 0) is 19.2 Å². The van der Waals surface area contributed by atoms with E-state index in [-0.39, 0.29) is 31.1 Å². The Morgan fingerprint density at radius 2 is 1.77 bits per heavy atom. The van der Waals surface area contributed by atoms with E-state index in [0.717, 1.165) is 24.6 Å². The minimum Gasteiger partial charge on any atom is -0.480 e. The molecule has 0 amide bonds. The number of carboxylic acids is 1. The van der Waals surface area contributed by atoms with Gasteiger partial charge in [-0.15, -0.1) is 24.8 Å². The third-order valence-electron chi connectivity index (χ3n) is 3.74. The predicted octanol–water partition coefficient (Wildman–Crippen LogP) is 0.694. The monoisotopic (exact) mass is 376 g/mol. The molecule has 1 aliphatic rings. The van der Waals surface area contributed by atoms with Gasteiger partial charge in [-0.1, -0.05) is 12.8 Å². The first-order valence-corrected chi connectivity index (χ1v) is 8.28. The highest BCUT2D eigenvalue weighted by atomic mass is 35.5. The molecule has 0 spiro atoms. The van der Waals surface area contributed by atoms with Gasteiger partial charge in [-0.25, -0.2) is 0 Å². The van der Waals surface area contributed by atoms with Gasteiger partial charge >= 0.3 is 13.1 Å². The minimum atomic E-state index is -1.32. The van der Waals surface area contributed by atoms with Crippen molar-refractivity contribution in [3.63, 3.8) is 0 Å². The van der Waals surface area contributed by atoms with Gasteiger partial charge in [0.1, 0.15) is 5.54 Å². The number of carbonyl (C=O) groups is 1. The lowest BCUT2D eigenvalue weighted by molar-refractivity contribution is -0.144. The van der Waals surface area contributed by atoms with Crippen molar-refractivity contribution in [1.82, 2.24) is 4.90 Å². The third kappa shape index (κ3) is 9.45. The molecule has 10 heteroatoms. The summed E-state index contributed by atoms with van der Waals surface area (Å²) < 4.78 is 0. The molecule has 1 rings (SSSR count). The van der Waals surface area contributed by atoms with Gasteiger partial charge in [0.05, 0.1) is 0 Å². The highest BCUT2D eigenvalue weighted by Crippen LogP contribution is 2.19. The zero-order chi connectivity index (χ0) is 15.0. The summed E-state index contributed by atoms with van der Waals surface area (Å²) in [6, 6.07) is 0. The second kappa shape index (κ2) is 12.7. The van der Waals surface area contributed by atoms with E-state index in [2.05, 4.69) is 4.90 Å². The number of hydrogen-bond donors (Lipinski definition) is 4. The summed E-state index contributed by atoms with van der Waals surface area (Å²) in [5.74, 6) is 1.23. The first-order chi connectivity index (χ1) is 9.44. The van der Waals surface area contributed by atoms with Crippen LogP contribution in [-0.2, 0) is 4.79 Å². The number of carboxylic acid groups (broad SMARTS) is 1. The number of nitrogens with zero attached hydrogens (tertiary/aromatic N) is 1. The van der Waals surface area contributed by atoms with E-state index in [1.165, 1.54) is 0 Å². The Morgan fingerprint density at radius 1 is 1.18 bits per heavy atom. The van der Waals surface area contributed by atoms with Crippen LogP contribution in [0.5, 0.6) is 0 Å². The van der Waals surface area contributed by atoms with Gasteiger partial charge in [0.2, 0.25) is 0 Å². The Bertz CT molecular complexity index is 313. The topological polar surface area (TPSA) is 107 Å². The van der Waals surface area contributed by atoms with Crippen molar-refractivity contribution in [1.29, 1.82) is 0 Å². The molecule has 0 saturated carbocycles. The third-order valence-corrected chi connectivity index (χ3v) is 4.68. The Labute approximate surface area is 149 Å². The number of rotatable bonds is 9. The molecule has 6 nitrogen and oxygen atoms in total. The fourth-order valence-electron chi connectivity index (χ4n) is 2.29. The van der Waals surface area contributed by atoms with Gasteiger partial charge in [-0.3, -0.25) is 4.79 Å². The van der Waals surface area contributed by atoms with Gasteiger partial charge < -0.3 is 25.8 Å². The fourth-order valence-corrected chi connectivity index (χ4v) is 3.27. The molecule has 0 aromatic rings. The van der Waals surface area contributed by atoms with Crippen molar-refractivity contribution >= 4 is 49.7 Å². The number of thioether (sulfide) groups is 1. The Hall–Kier alpha value is 0.305. The predicted molar refractivity (Wildman–Crippen MR) is 96.3 cm³/mol. The first-order valence-electron chi connectivity index (χ1n) is 7.12. The fraction of sp³-hybridized carbons (Fsp3) is 0.917. The summed E-state index contributed by atoms with van der Waals surface area (Å²) in [6.45, 7) is 2.71. The standard InChI is InChI=1S/C12H25BN2O4S.2ClH/c14-12(11(16)17,3-1-2-5-13(18)19)4-6-15-7-9-20-10-8-15;;/h18-19H,1-10,14H2,(H,16,17);2*1H/t12-;;/m1../s1. The Kier molecular flexibility index (Phi) is 14.2. The van der Waals surface area contributed by atoms with E-state index in [9.17, 15) is 9.90 Å². The van der Waals surface area contributed by atoms with Gasteiger partial charge in [-0.2, -0.15) is 11.8 Å². The molecule has 0 aromatic heterocycles. The molecule has 0 radical (unpaired) electrons. The van der Waals surface area contributed by atoms with Gasteiger partial charge in [0, 0.05) is 31.1 Å². The van der Waals surface area contributed by atoms with Crippen LogP contribution >= 0.6 is 36.6 Å². The lowest BCUT2D eigenvalue weighted by Crippen LogP contribution is -2.50. The van der Waals surface area contributed by atoms with Crippen molar-refractivity contribution in [2.45, 2.75) is 37.5 Å². The maximum Gasteiger partial charge on any atom is 0.451 e. The zero-order valence-electron chi connectivity index (χ0n) is 12.6. The van der Waals surface area contributed by atoms with E-state index < -0.39 is 18.6 Å². The zero-order valence-corrected chi connectivity index (χ0v) is 15.1. The SMILES string of the molecule is Cl.Cl.N[C@](CCCCB(O)O)(CCN1CCSCC1)C(=O)O. The van der Waals surface area contributed by atoms with E-state index in [4.69, 9.17) is 15.8 Å². The largest absolute Gasteiger partial charge is 0.480 e. The average Bonchev–Trinajstić information content (AvgIpc) is 2.42. The Morgan fingerprint density at radius 3 is 2.27 bits per heavy atom. The van der Waals surface area contributed by atoms with Crippen LogP contribution in [0.3, 0.4) is 0 Å². The molecule has 1 heterocycles. The van der Waals surface area contributed by atoms with Gasteiger partial charge in [0.15, 0.2) is 0 Å². The number of unbranched alkanes of at least 4 members (excludes halogenated alkanes) is 1. The van der Waals surface area contributed by atoms with Crippen molar-refractivity contribution in [2.75, 3.05) is 31.1 Å². The highest BCUT2D eigenvalue weighted by Gasteiger charge is 2.33. The van der Waals surface area contributed by atoms with E-state index >= 15 is 0 Å². The Balaban J connectivity index is 0. The van der Waals surface area contributed by atoms with Crippen LogP contribution in [0.1, 0.15) is 25.7 Å². The molecular formula is C12H27BCl2N2O4S. The second-order valence-electron chi connectivity index (χ2n) is 5.39. The summed E-state index contributed by atoms with van der Waals surface area (Å²) in [4.78, 5) is 13.6. The second-order valence-corrected chi connectivity index (χ2v) is 6.62. The molecule has 0 bridgehead atoms. The molecule has 1 aliphatic heterocycles. The van der Waals surface area contributed by atoms with Crippen LogP contribution in [0.25, 0.3) is 0 Å². The molecule has 0 unspecified atom stereocenters. The average molecular weight is 377 g/mol. The quantitative estimate of drug-likeness (QED) is 0.346. The number of nitrogens with two attached hydrogens (primary N) is 1. The van der Waals surface area contributed by atoms with Crippen LogP contribution in [0.15, 0.2) is 0 Å². The maximum atomic E-state index is 11.4. The van der Waals surface area contributed by atoms with Crippen molar-refractivity contribution in [2.24, 2.45) is 5.73 Å². The van der Waals surface area contributed by atoms with Crippen molar-refractivity contribution in [3.8, 4) is 0 Å². The lowest BCUT2D eigenvalue weighted by Gasteiger charge is -2.31. The van der Waals surface area contributed by atoms with E-state index in [1.54, 1.807) is 0 Å². The summed E-state index contributed by atoms with van der Waals surface area (Å²) >= 11 is 1.92. The first kappa shape index (κ1) is 24.6. The highest BCUT2D eigenvalue weighted by molar-refractivity contribution is 7.99. The van der Waals surface area contributed by atoms with Crippen molar-refractivity contribution in [3.05, 3.63) is 0 Å². The van der Waals surface area contributed by atoms with Crippen LogP contribution in [0.2, 0.25) is 6.32 Å². The molecule has 5 N–H and O–H groups in total. The molecule has 22 heavy (non-hydrogen) atoms.